The van der Waals surface area contributed by atoms with Gasteiger partial charge in [-0.15, -0.1) is 0 Å². The summed E-state index contributed by atoms with van der Waals surface area (Å²) in [6.07, 6.45) is 2.49. The highest BCUT2D eigenvalue weighted by molar-refractivity contribution is 6.31. The molecule has 9 heteroatoms. The molecule has 1 fully saturated rings. The second-order valence-electron chi connectivity index (χ2n) is 10.6. The Balaban J connectivity index is 1.96. The van der Waals surface area contributed by atoms with E-state index < -0.39 is 28.8 Å². The fourth-order valence-corrected chi connectivity index (χ4v) is 6.29. The Morgan fingerprint density at radius 2 is 1.92 bits per heavy atom. The second-order valence-corrected chi connectivity index (χ2v) is 11.4. The van der Waals surface area contributed by atoms with Crippen molar-refractivity contribution in [3.8, 4) is 0 Å². The van der Waals surface area contributed by atoms with Gasteiger partial charge in [0.1, 0.15) is 12.0 Å². The SMILES string of the molecule is CC=C(CC)[C@@H]1N(CC(=O)NC(C)(C)CO)C(=O)C[C@H](c2cccc(Cl)c2)[C@@]12C(=O)Nc1cc(Cl)ccc12. The van der Waals surface area contributed by atoms with E-state index >= 15 is 0 Å². The van der Waals surface area contributed by atoms with Gasteiger partial charge in [-0.2, -0.15) is 0 Å². The molecule has 0 bridgehead atoms. The van der Waals surface area contributed by atoms with Crippen LogP contribution in [-0.2, 0) is 19.8 Å². The number of nitrogens with zero attached hydrogens (tertiary/aromatic N) is 1. The molecule has 2 aromatic carbocycles. The van der Waals surface area contributed by atoms with Gasteiger partial charge in [-0.25, -0.2) is 0 Å². The van der Waals surface area contributed by atoms with Crippen LogP contribution in [0.15, 0.2) is 54.1 Å². The summed E-state index contributed by atoms with van der Waals surface area (Å²) in [6.45, 7) is 6.73. The zero-order valence-corrected chi connectivity index (χ0v) is 23.5. The maximum atomic E-state index is 14.3. The molecule has 0 saturated carbocycles. The van der Waals surface area contributed by atoms with E-state index in [4.69, 9.17) is 23.2 Å². The smallest absolute Gasteiger partial charge is 0.240 e. The molecular formula is C29H33Cl2N3O4. The highest BCUT2D eigenvalue weighted by Gasteiger charge is 2.63. The Morgan fingerprint density at radius 1 is 1.21 bits per heavy atom. The molecule has 0 radical (unpaired) electrons. The van der Waals surface area contributed by atoms with Crippen LogP contribution in [0.25, 0.3) is 0 Å². The van der Waals surface area contributed by atoms with E-state index in [9.17, 15) is 19.5 Å². The zero-order chi connectivity index (χ0) is 27.8. The highest BCUT2D eigenvalue weighted by atomic mass is 35.5. The van der Waals surface area contributed by atoms with Gasteiger partial charge in [0.2, 0.25) is 17.7 Å². The summed E-state index contributed by atoms with van der Waals surface area (Å²) < 4.78 is 0. The lowest BCUT2D eigenvalue weighted by Gasteiger charge is -2.52. The molecular weight excluding hydrogens is 525 g/mol. The van der Waals surface area contributed by atoms with E-state index in [1.54, 1.807) is 38.1 Å². The summed E-state index contributed by atoms with van der Waals surface area (Å²) >= 11 is 12.7. The molecule has 3 amide bonds. The summed E-state index contributed by atoms with van der Waals surface area (Å²) in [6, 6.07) is 11.8. The first kappa shape index (κ1) is 28.1. The second kappa shape index (κ2) is 10.7. The van der Waals surface area contributed by atoms with Crippen LogP contribution in [0, 0.1) is 0 Å². The number of halogens is 2. The van der Waals surface area contributed by atoms with Gasteiger partial charge in [-0.05, 0) is 62.6 Å². The van der Waals surface area contributed by atoms with Crippen molar-refractivity contribution in [2.24, 2.45) is 0 Å². The number of benzene rings is 2. The molecule has 4 rings (SSSR count). The van der Waals surface area contributed by atoms with E-state index in [1.807, 2.05) is 38.1 Å². The molecule has 2 aliphatic heterocycles. The quantitative estimate of drug-likeness (QED) is 0.425. The first-order chi connectivity index (χ1) is 18.0. The lowest BCUT2D eigenvalue weighted by Crippen LogP contribution is -2.65. The fraction of sp³-hybridized carbons (Fsp3) is 0.414. The summed E-state index contributed by atoms with van der Waals surface area (Å²) in [5, 5.41) is 16.5. The van der Waals surface area contributed by atoms with E-state index in [-0.39, 0.29) is 31.4 Å². The average Bonchev–Trinajstić information content (AvgIpc) is 3.14. The van der Waals surface area contributed by atoms with Crippen molar-refractivity contribution >= 4 is 46.6 Å². The number of aliphatic hydroxyl groups excluding tert-OH is 1. The van der Waals surface area contributed by atoms with E-state index in [2.05, 4.69) is 10.6 Å². The van der Waals surface area contributed by atoms with E-state index in [0.29, 0.717) is 22.2 Å². The largest absolute Gasteiger partial charge is 0.394 e. The van der Waals surface area contributed by atoms with Crippen LogP contribution in [0.1, 0.15) is 57.6 Å². The molecule has 202 valence electrons. The number of allylic oxidation sites excluding steroid dienone is 1. The van der Waals surface area contributed by atoms with Crippen molar-refractivity contribution < 1.29 is 19.5 Å². The van der Waals surface area contributed by atoms with Gasteiger partial charge in [-0.1, -0.05) is 60.0 Å². The molecule has 2 aromatic rings. The summed E-state index contributed by atoms with van der Waals surface area (Å²) in [5.41, 5.74) is 0.843. The number of hydrogen-bond acceptors (Lipinski definition) is 4. The number of hydrogen-bond donors (Lipinski definition) is 3. The number of likely N-dealkylation sites (tertiary alicyclic amines) is 1. The molecule has 0 aliphatic carbocycles. The maximum Gasteiger partial charge on any atom is 0.240 e. The number of fused-ring (bicyclic) bond motifs is 2. The van der Waals surface area contributed by atoms with Gasteiger partial charge in [0, 0.05) is 28.1 Å². The Morgan fingerprint density at radius 3 is 2.55 bits per heavy atom. The van der Waals surface area contributed by atoms with Gasteiger partial charge in [0.15, 0.2) is 0 Å². The van der Waals surface area contributed by atoms with Crippen molar-refractivity contribution in [1.82, 2.24) is 10.2 Å². The summed E-state index contributed by atoms with van der Waals surface area (Å²) in [5.74, 6) is -1.47. The lowest BCUT2D eigenvalue weighted by atomic mass is 9.58. The molecule has 0 unspecified atom stereocenters. The number of amides is 3. The monoisotopic (exact) mass is 557 g/mol. The van der Waals surface area contributed by atoms with Crippen LogP contribution >= 0.6 is 23.2 Å². The number of piperidine rings is 1. The van der Waals surface area contributed by atoms with Crippen LogP contribution in [0.3, 0.4) is 0 Å². The Labute approximate surface area is 233 Å². The Bertz CT molecular complexity index is 1310. The van der Waals surface area contributed by atoms with Crippen LogP contribution < -0.4 is 10.6 Å². The number of carbonyl (C=O) groups excluding carboxylic acids is 3. The van der Waals surface area contributed by atoms with Crippen LogP contribution in [0.5, 0.6) is 0 Å². The molecule has 0 aromatic heterocycles. The average molecular weight is 559 g/mol. The van der Waals surface area contributed by atoms with Crippen molar-refractivity contribution in [1.29, 1.82) is 0 Å². The van der Waals surface area contributed by atoms with Crippen molar-refractivity contribution in [2.45, 2.75) is 63.5 Å². The minimum absolute atomic E-state index is 0.00368. The number of rotatable bonds is 7. The molecule has 3 N–H and O–H groups in total. The molecule has 2 heterocycles. The summed E-state index contributed by atoms with van der Waals surface area (Å²) in [4.78, 5) is 42.8. The summed E-state index contributed by atoms with van der Waals surface area (Å²) in [7, 11) is 0. The minimum Gasteiger partial charge on any atom is -0.394 e. The highest BCUT2D eigenvalue weighted by Crippen LogP contribution is 2.57. The van der Waals surface area contributed by atoms with Gasteiger partial charge in [0.25, 0.3) is 0 Å². The van der Waals surface area contributed by atoms with Crippen LogP contribution in [0.2, 0.25) is 10.0 Å². The van der Waals surface area contributed by atoms with Gasteiger partial charge >= 0.3 is 0 Å². The molecule has 2 aliphatic rings. The predicted molar refractivity (Wildman–Crippen MR) is 149 cm³/mol. The third kappa shape index (κ3) is 4.83. The van der Waals surface area contributed by atoms with E-state index in [0.717, 1.165) is 16.7 Å². The van der Waals surface area contributed by atoms with Crippen LogP contribution in [-0.4, -0.2) is 52.5 Å². The maximum absolute atomic E-state index is 14.3. The first-order valence-corrected chi connectivity index (χ1v) is 13.5. The predicted octanol–water partition coefficient (Wildman–Crippen LogP) is 4.81. The van der Waals surface area contributed by atoms with E-state index in [1.165, 1.54) is 4.90 Å². The Hall–Kier alpha value is -2.87. The molecule has 7 nitrogen and oxygen atoms in total. The normalized spacial score (nSPS) is 23.4. The number of carbonyl (C=O) groups is 3. The zero-order valence-electron chi connectivity index (χ0n) is 22.0. The van der Waals surface area contributed by atoms with Gasteiger partial charge < -0.3 is 20.6 Å². The molecule has 1 saturated heterocycles. The molecule has 38 heavy (non-hydrogen) atoms. The van der Waals surface area contributed by atoms with Gasteiger partial charge in [0.05, 0.1) is 18.2 Å². The first-order valence-electron chi connectivity index (χ1n) is 12.7. The number of anilines is 1. The lowest BCUT2D eigenvalue weighted by molar-refractivity contribution is -0.147. The third-order valence-electron chi connectivity index (χ3n) is 7.61. The topological polar surface area (TPSA) is 98.7 Å². The van der Waals surface area contributed by atoms with Crippen LogP contribution in [0.4, 0.5) is 5.69 Å². The van der Waals surface area contributed by atoms with Crippen molar-refractivity contribution in [3.05, 3.63) is 75.3 Å². The minimum atomic E-state index is -1.23. The third-order valence-corrected chi connectivity index (χ3v) is 8.08. The van der Waals surface area contributed by atoms with Crippen molar-refractivity contribution in [3.63, 3.8) is 0 Å². The standard InChI is InChI=1S/C29H33Cl2N3O4/c1-5-17(6-2)26-29(21-11-10-20(31)13-23(21)32-27(29)38)22(18-8-7-9-19(30)12-18)14-25(37)34(26)15-24(36)33-28(3,4)16-35/h5,7-13,22,26,35H,6,14-16H2,1-4H3,(H,32,38)(H,33,36)/t22-,26+,29-/m1/s1. The van der Waals surface area contributed by atoms with Crippen molar-refractivity contribution in [2.75, 3.05) is 18.5 Å². The molecule has 1 spiro atoms. The fourth-order valence-electron chi connectivity index (χ4n) is 5.92. The van der Waals surface area contributed by atoms with Gasteiger partial charge in [-0.3, -0.25) is 14.4 Å². The Kier molecular flexibility index (Phi) is 7.94. The molecule has 3 atom stereocenters. The number of aliphatic hydroxyl groups is 1. The number of nitrogens with one attached hydrogen (secondary N) is 2.